The molecule has 168 valence electrons. The molecule has 0 atom stereocenters. The second-order valence-corrected chi connectivity index (χ2v) is 7.79. The maximum absolute atomic E-state index is 12.5. The van der Waals surface area contributed by atoms with Crippen molar-refractivity contribution in [3.05, 3.63) is 47.7 Å². The molecule has 1 saturated heterocycles. The van der Waals surface area contributed by atoms with Crippen LogP contribution in [-0.4, -0.2) is 71.2 Å². The molecule has 0 unspecified atom stereocenters. The number of amides is 2. The Morgan fingerprint density at radius 3 is 2.66 bits per heavy atom. The van der Waals surface area contributed by atoms with E-state index in [1.165, 1.54) is 6.92 Å². The Bertz CT molecular complexity index is 1100. The predicted octanol–water partition coefficient (Wildman–Crippen LogP) is 1.63. The van der Waals surface area contributed by atoms with Gasteiger partial charge in [0, 0.05) is 62.3 Å². The van der Waals surface area contributed by atoms with Crippen LogP contribution in [0.4, 0.5) is 0 Å². The summed E-state index contributed by atoms with van der Waals surface area (Å²) in [6.07, 6.45) is 1.82. The molecule has 3 aromatic rings. The second kappa shape index (κ2) is 9.80. The molecule has 9 heteroatoms. The molecule has 4 rings (SSSR count). The Kier molecular flexibility index (Phi) is 6.67. The van der Waals surface area contributed by atoms with Gasteiger partial charge in [0.15, 0.2) is 5.88 Å². The van der Waals surface area contributed by atoms with Crippen LogP contribution in [0.5, 0.6) is 5.88 Å². The zero-order valence-corrected chi connectivity index (χ0v) is 18.0. The molecule has 0 spiro atoms. The van der Waals surface area contributed by atoms with Crippen LogP contribution in [-0.2, 0) is 16.1 Å². The first-order valence-corrected chi connectivity index (χ1v) is 10.6. The van der Waals surface area contributed by atoms with Crippen molar-refractivity contribution in [2.75, 3.05) is 39.4 Å². The van der Waals surface area contributed by atoms with Crippen LogP contribution in [0.15, 0.2) is 36.5 Å². The summed E-state index contributed by atoms with van der Waals surface area (Å²) in [6.45, 7) is 6.23. The van der Waals surface area contributed by atoms with Crippen LogP contribution in [0.2, 0.25) is 0 Å². The van der Waals surface area contributed by atoms with Crippen LogP contribution < -0.4 is 10.6 Å². The third kappa shape index (κ3) is 5.06. The molecular formula is C23H27N5O4. The van der Waals surface area contributed by atoms with Gasteiger partial charge >= 0.3 is 0 Å². The van der Waals surface area contributed by atoms with Crippen molar-refractivity contribution in [2.45, 2.75) is 13.5 Å². The second-order valence-electron chi connectivity index (χ2n) is 7.79. The van der Waals surface area contributed by atoms with Gasteiger partial charge in [-0.05, 0) is 29.8 Å². The standard InChI is InChI=1S/C23H27N5O4/c1-15(29)24-6-7-25-22(30)17-3-5-19-18(12-17)21(23(31)27-19)20-4-2-16(13-26-20)14-28-8-10-32-11-9-28/h2-5,12-13,27,31H,6-11,14H2,1H3,(H,24,29)(H,25,30). The van der Waals surface area contributed by atoms with Gasteiger partial charge in [-0.3, -0.25) is 19.5 Å². The zero-order chi connectivity index (χ0) is 22.5. The maximum Gasteiger partial charge on any atom is 0.251 e. The molecule has 0 radical (unpaired) electrons. The molecule has 1 aliphatic heterocycles. The van der Waals surface area contributed by atoms with E-state index < -0.39 is 0 Å². The molecule has 0 saturated carbocycles. The SMILES string of the molecule is CC(=O)NCCNC(=O)c1ccc2[nH]c(O)c(-c3ccc(CN4CCOCC4)cn3)c2c1. The number of aromatic amines is 1. The molecular weight excluding hydrogens is 410 g/mol. The Morgan fingerprint density at radius 2 is 1.94 bits per heavy atom. The smallest absolute Gasteiger partial charge is 0.251 e. The van der Waals surface area contributed by atoms with Crippen LogP contribution in [0, 0.1) is 0 Å². The van der Waals surface area contributed by atoms with Crippen molar-refractivity contribution in [3.63, 3.8) is 0 Å². The lowest BCUT2D eigenvalue weighted by atomic mass is 10.1. The van der Waals surface area contributed by atoms with E-state index in [0.29, 0.717) is 40.8 Å². The zero-order valence-electron chi connectivity index (χ0n) is 18.0. The first-order valence-electron chi connectivity index (χ1n) is 10.6. The number of H-pyrrole nitrogens is 1. The number of carbonyl (C=O) groups excluding carboxylic acids is 2. The van der Waals surface area contributed by atoms with E-state index in [1.807, 2.05) is 18.3 Å². The normalized spacial score (nSPS) is 14.4. The van der Waals surface area contributed by atoms with E-state index in [0.717, 1.165) is 38.4 Å². The van der Waals surface area contributed by atoms with Gasteiger partial charge in [-0.15, -0.1) is 0 Å². The fourth-order valence-electron chi connectivity index (χ4n) is 3.78. The topological polar surface area (TPSA) is 120 Å². The molecule has 9 nitrogen and oxygen atoms in total. The molecule has 0 bridgehead atoms. The number of aromatic nitrogens is 2. The summed E-state index contributed by atoms with van der Waals surface area (Å²) >= 11 is 0. The van der Waals surface area contributed by atoms with Crippen molar-refractivity contribution in [1.82, 2.24) is 25.5 Å². The number of morpholine rings is 1. The number of aromatic hydroxyl groups is 1. The summed E-state index contributed by atoms with van der Waals surface area (Å²) in [5.41, 5.74) is 3.46. The average molecular weight is 438 g/mol. The number of nitrogens with one attached hydrogen (secondary N) is 3. The Balaban J connectivity index is 1.51. The van der Waals surface area contributed by atoms with Crippen molar-refractivity contribution in [3.8, 4) is 17.1 Å². The quantitative estimate of drug-likeness (QED) is 0.417. The Labute approximate surface area is 185 Å². The first kappa shape index (κ1) is 21.8. The van der Waals surface area contributed by atoms with Crippen LogP contribution in [0.1, 0.15) is 22.8 Å². The van der Waals surface area contributed by atoms with Gasteiger partial charge in [-0.1, -0.05) is 6.07 Å². The highest BCUT2D eigenvalue weighted by atomic mass is 16.5. The van der Waals surface area contributed by atoms with Gasteiger partial charge in [-0.25, -0.2) is 0 Å². The number of pyridine rings is 1. The van der Waals surface area contributed by atoms with E-state index in [4.69, 9.17) is 4.74 Å². The fraction of sp³-hybridized carbons (Fsp3) is 0.348. The van der Waals surface area contributed by atoms with Crippen molar-refractivity contribution in [1.29, 1.82) is 0 Å². The minimum Gasteiger partial charge on any atom is -0.494 e. The molecule has 2 aromatic heterocycles. The highest BCUT2D eigenvalue weighted by Crippen LogP contribution is 2.36. The summed E-state index contributed by atoms with van der Waals surface area (Å²) in [7, 11) is 0. The summed E-state index contributed by atoms with van der Waals surface area (Å²) in [5, 5.41) is 16.6. The average Bonchev–Trinajstić information content (AvgIpc) is 3.12. The van der Waals surface area contributed by atoms with E-state index in [1.54, 1.807) is 18.2 Å². The highest BCUT2D eigenvalue weighted by Gasteiger charge is 2.17. The third-order valence-corrected chi connectivity index (χ3v) is 5.42. The van der Waals surface area contributed by atoms with Gasteiger partial charge in [0.05, 0.1) is 24.5 Å². The lowest BCUT2D eigenvalue weighted by molar-refractivity contribution is -0.118. The summed E-state index contributed by atoms with van der Waals surface area (Å²) < 4.78 is 5.39. The molecule has 4 N–H and O–H groups in total. The third-order valence-electron chi connectivity index (χ3n) is 5.42. The number of hydrogen-bond donors (Lipinski definition) is 4. The van der Waals surface area contributed by atoms with Crippen molar-refractivity contribution >= 4 is 22.7 Å². The molecule has 2 amide bonds. The van der Waals surface area contributed by atoms with Gasteiger partial charge in [0.1, 0.15) is 0 Å². The van der Waals surface area contributed by atoms with Gasteiger partial charge in [0.2, 0.25) is 5.91 Å². The van der Waals surface area contributed by atoms with Crippen molar-refractivity contribution < 1.29 is 19.4 Å². The van der Waals surface area contributed by atoms with Crippen LogP contribution in [0.25, 0.3) is 22.2 Å². The number of ether oxygens (including phenoxy) is 1. The van der Waals surface area contributed by atoms with E-state index in [9.17, 15) is 14.7 Å². The first-order chi connectivity index (χ1) is 15.5. The molecule has 1 aromatic carbocycles. The largest absolute Gasteiger partial charge is 0.494 e. The molecule has 0 aliphatic carbocycles. The molecule has 3 heterocycles. The Hall–Kier alpha value is -3.43. The number of fused-ring (bicyclic) bond motifs is 1. The van der Waals surface area contributed by atoms with E-state index >= 15 is 0 Å². The van der Waals surface area contributed by atoms with Gasteiger partial charge in [0.25, 0.3) is 5.91 Å². The summed E-state index contributed by atoms with van der Waals surface area (Å²) in [6, 6.07) is 9.08. The van der Waals surface area contributed by atoms with Crippen molar-refractivity contribution in [2.24, 2.45) is 0 Å². The predicted molar refractivity (Wildman–Crippen MR) is 120 cm³/mol. The highest BCUT2D eigenvalue weighted by molar-refractivity contribution is 6.03. The minimum absolute atomic E-state index is 0.0108. The number of hydrogen-bond acceptors (Lipinski definition) is 6. The molecule has 32 heavy (non-hydrogen) atoms. The van der Waals surface area contributed by atoms with Crippen LogP contribution >= 0.6 is 0 Å². The monoisotopic (exact) mass is 437 g/mol. The number of benzene rings is 1. The van der Waals surface area contributed by atoms with Gasteiger partial charge in [-0.2, -0.15) is 0 Å². The lowest BCUT2D eigenvalue weighted by Crippen LogP contribution is -2.35. The summed E-state index contributed by atoms with van der Waals surface area (Å²) in [4.78, 5) is 33.3. The molecule has 1 aliphatic rings. The number of carbonyl (C=O) groups is 2. The lowest BCUT2D eigenvalue weighted by Gasteiger charge is -2.26. The van der Waals surface area contributed by atoms with E-state index in [2.05, 4.69) is 25.5 Å². The minimum atomic E-state index is -0.252. The summed E-state index contributed by atoms with van der Waals surface area (Å²) in [5.74, 6) is -0.383. The molecule has 1 fully saturated rings. The van der Waals surface area contributed by atoms with Crippen LogP contribution in [0.3, 0.4) is 0 Å². The number of rotatable bonds is 7. The maximum atomic E-state index is 12.5. The van der Waals surface area contributed by atoms with E-state index in [-0.39, 0.29) is 17.7 Å². The Morgan fingerprint density at radius 1 is 1.16 bits per heavy atom. The fourth-order valence-corrected chi connectivity index (χ4v) is 3.78. The number of nitrogens with zero attached hydrogens (tertiary/aromatic N) is 2. The van der Waals surface area contributed by atoms with Gasteiger partial charge < -0.3 is 25.5 Å².